The van der Waals surface area contributed by atoms with Gasteiger partial charge in [0.1, 0.15) is 0 Å². The van der Waals surface area contributed by atoms with Crippen LogP contribution >= 0.6 is 0 Å². The molecule has 0 fully saturated rings. The molecule has 0 aliphatic heterocycles. The van der Waals surface area contributed by atoms with Crippen molar-refractivity contribution < 1.29 is 4.79 Å². The molecule has 0 radical (unpaired) electrons. The average molecular weight is 355 g/mol. The molecule has 0 saturated heterocycles. The lowest BCUT2D eigenvalue weighted by Crippen LogP contribution is -2.24. The first-order chi connectivity index (χ1) is 13.2. The van der Waals surface area contributed by atoms with Crippen LogP contribution in [0.4, 0.5) is 0 Å². The van der Waals surface area contributed by atoms with E-state index in [0.29, 0.717) is 6.42 Å². The van der Waals surface area contributed by atoms with Gasteiger partial charge < -0.3 is 5.32 Å². The highest BCUT2D eigenvalue weighted by molar-refractivity contribution is 5.94. The lowest BCUT2D eigenvalue weighted by atomic mass is 9.96. The Hall–Kier alpha value is -2.97. The predicted molar refractivity (Wildman–Crippen MR) is 112 cm³/mol. The van der Waals surface area contributed by atoms with Crippen molar-refractivity contribution in [2.75, 3.05) is 0 Å². The fourth-order valence-corrected chi connectivity index (χ4v) is 3.13. The number of nitrogens with one attached hydrogen (secondary N) is 1. The standard InChI is InChI=1S/C25H25NO/c1-20-10-8-9-15-24(20)25(26-19-22-13-6-3-7-14-22)18-23(27)17-16-21-11-4-2-5-12-21/h2-17,25-26H,18-19H2,1H3/b17-16+. The van der Waals surface area contributed by atoms with Gasteiger partial charge in [0.15, 0.2) is 5.78 Å². The molecule has 0 saturated carbocycles. The van der Waals surface area contributed by atoms with E-state index in [1.807, 2.05) is 66.7 Å². The van der Waals surface area contributed by atoms with Crippen molar-refractivity contribution in [3.05, 3.63) is 113 Å². The molecule has 3 aromatic carbocycles. The van der Waals surface area contributed by atoms with Crippen molar-refractivity contribution in [3.8, 4) is 0 Å². The highest BCUT2D eigenvalue weighted by Gasteiger charge is 2.16. The summed E-state index contributed by atoms with van der Waals surface area (Å²) < 4.78 is 0. The molecular formula is C25H25NO. The van der Waals surface area contributed by atoms with Gasteiger partial charge in [-0.25, -0.2) is 0 Å². The van der Waals surface area contributed by atoms with Gasteiger partial charge in [0.2, 0.25) is 0 Å². The Morgan fingerprint density at radius 1 is 0.889 bits per heavy atom. The number of rotatable bonds is 8. The van der Waals surface area contributed by atoms with E-state index in [4.69, 9.17) is 0 Å². The topological polar surface area (TPSA) is 29.1 Å². The number of carbonyl (C=O) groups is 1. The van der Waals surface area contributed by atoms with E-state index in [2.05, 4.69) is 36.5 Å². The molecule has 2 heteroatoms. The van der Waals surface area contributed by atoms with Crippen LogP contribution in [0, 0.1) is 6.92 Å². The monoisotopic (exact) mass is 355 g/mol. The molecular weight excluding hydrogens is 330 g/mol. The number of carbonyl (C=O) groups excluding carboxylic acids is 1. The van der Waals surface area contributed by atoms with Gasteiger partial charge in [0, 0.05) is 19.0 Å². The van der Waals surface area contributed by atoms with Crippen LogP contribution in [0.2, 0.25) is 0 Å². The van der Waals surface area contributed by atoms with Crippen molar-refractivity contribution in [2.24, 2.45) is 0 Å². The second-order valence-corrected chi connectivity index (χ2v) is 6.69. The molecule has 1 N–H and O–H groups in total. The van der Waals surface area contributed by atoms with E-state index < -0.39 is 0 Å². The first-order valence-electron chi connectivity index (χ1n) is 9.31. The quantitative estimate of drug-likeness (QED) is 0.541. The van der Waals surface area contributed by atoms with Crippen LogP contribution in [-0.2, 0) is 11.3 Å². The van der Waals surface area contributed by atoms with E-state index in [0.717, 1.165) is 12.1 Å². The van der Waals surface area contributed by atoms with Crippen molar-refractivity contribution >= 4 is 11.9 Å². The predicted octanol–water partition coefficient (Wildman–Crippen LogP) is 5.50. The summed E-state index contributed by atoms with van der Waals surface area (Å²) in [6.07, 6.45) is 4.00. The van der Waals surface area contributed by atoms with Crippen LogP contribution < -0.4 is 5.32 Å². The van der Waals surface area contributed by atoms with Crippen molar-refractivity contribution in [1.82, 2.24) is 5.32 Å². The van der Waals surface area contributed by atoms with Crippen LogP contribution in [0.3, 0.4) is 0 Å². The summed E-state index contributed by atoms with van der Waals surface area (Å²) in [5.41, 5.74) is 4.62. The van der Waals surface area contributed by atoms with Crippen LogP contribution in [0.15, 0.2) is 91.0 Å². The second-order valence-electron chi connectivity index (χ2n) is 6.69. The SMILES string of the molecule is Cc1ccccc1C(CC(=O)/C=C/c1ccccc1)NCc1ccccc1. The molecule has 0 bridgehead atoms. The summed E-state index contributed by atoms with van der Waals surface area (Å²) in [5.74, 6) is 0.118. The van der Waals surface area contributed by atoms with Crippen molar-refractivity contribution in [1.29, 1.82) is 0 Å². The Bertz CT molecular complexity index is 884. The smallest absolute Gasteiger partial charge is 0.157 e. The zero-order valence-corrected chi connectivity index (χ0v) is 15.6. The van der Waals surface area contributed by atoms with E-state index in [9.17, 15) is 4.79 Å². The second kappa shape index (κ2) is 9.65. The Labute approximate surface area is 161 Å². The number of benzene rings is 3. The van der Waals surface area contributed by atoms with Gasteiger partial charge in [-0.3, -0.25) is 4.79 Å². The minimum absolute atomic E-state index is 0.0145. The highest BCUT2D eigenvalue weighted by atomic mass is 16.1. The van der Waals surface area contributed by atoms with E-state index in [1.54, 1.807) is 6.08 Å². The lowest BCUT2D eigenvalue weighted by Gasteiger charge is -2.20. The van der Waals surface area contributed by atoms with Crippen molar-refractivity contribution in [3.63, 3.8) is 0 Å². The van der Waals surface area contributed by atoms with Gasteiger partial charge >= 0.3 is 0 Å². The number of hydrogen-bond donors (Lipinski definition) is 1. The van der Waals surface area contributed by atoms with Crippen LogP contribution in [-0.4, -0.2) is 5.78 Å². The minimum atomic E-state index is -0.0145. The molecule has 27 heavy (non-hydrogen) atoms. The molecule has 136 valence electrons. The first kappa shape index (κ1) is 18.8. The van der Waals surface area contributed by atoms with Crippen LogP contribution in [0.1, 0.15) is 34.7 Å². The molecule has 3 aromatic rings. The molecule has 0 aromatic heterocycles. The number of aryl methyl sites for hydroxylation is 1. The summed E-state index contributed by atoms with van der Waals surface area (Å²) in [7, 11) is 0. The Morgan fingerprint density at radius 3 is 2.22 bits per heavy atom. The third-order valence-electron chi connectivity index (χ3n) is 4.63. The normalized spacial score (nSPS) is 12.2. The van der Waals surface area contributed by atoms with Gasteiger partial charge in [-0.2, -0.15) is 0 Å². The van der Waals surface area contributed by atoms with Gasteiger partial charge in [-0.05, 0) is 35.3 Å². The maximum Gasteiger partial charge on any atom is 0.157 e. The first-order valence-corrected chi connectivity index (χ1v) is 9.31. The molecule has 0 amide bonds. The zero-order valence-electron chi connectivity index (χ0n) is 15.6. The number of allylic oxidation sites excluding steroid dienone is 1. The number of ketones is 1. The highest BCUT2D eigenvalue weighted by Crippen LogP contribution is 2.22. The average Bonchev–Trinajstić information content (AvgIpc) is 2.72. The van der Waals surface area contributed by atoms with Gasteiger partial charge in [0.05, 0.1) is 0 Å². The summed E-state index contributed by atoms with van der Waals surface area (Å²) in [4.78, 5) is 12.6. The zero-order chi connectivity index (χ0) is 18.9. The third-order valence-corrected chi connectivity index (χ3v) is 4.63. The van der Waals surface area contributed by atoms with E-state index in [1.165, 1.54) is 16.7 Å². The van der Waals surface area contributed by atoms with Crippen LogP contribution in [0.25, 0.3) is 6.08 Å². The van der Waals surface area contributed by atoms with E-state index >= 15 is 0 Å². The van der Waals surface area contributed by atoms with Crippen LogP contribution in [0.5, 0.6) is 0 Å². The largest absolute Gasteiger partial charge is 0.305 e. The third kappa shape index (κ3) is 5.77. The van der Waals surface area contributed by atoms with Gasteiger partial charge in [-0.1, -0.05) is 91.0 Å². The molecule has 1 unspecified atom stereocenters. The van der Waals surface area contributed by atoms with Gasteiger partial charge in [0.25, 0.3) is 0 Å². The summed E-state index contributed by atoms with van der Waals surface area (Å²) in [5, 5.41) is 3.57. The lowest BCUT2D eigenvalue weighted by molar-refractivity contribution is -0.115. The molecule has 1 atom stereocenters. The maximum absolute atomic E-state index is 12.6. The summed E-state index contributed by atoms with van der Waals surface area (Å²) in [6.45, 7) is 2.83. The molecule has 3 rings (SSSR count). The molecule has 2 nitrogen and oxygen atoms in total. The molecule has 0 spiro atoms. The van der Waals surface area contributed by atoms with E-state index in [-0.39, 0.29) is 11.8 Å². The Kier molecular flexibility index (Phi) is 6.72. The minimum Gasteiger partial charge on any atom is -0.305 e. The fourth-order valence-electron chi connectivity index (χ4n) is 3.13. The summed E-state index contributed by atoms with van der Waals surface area (Å²) in [6, 6.07) is 28.4. The molecule has 0 aliphatic carbocycles. The Morgan fingerprint density at radius 2 is 1.52 bits per heavy atom. The van der Waals surface area contributed by atoms with Gasteiger partial charge in [-0.15, -0.1) is 0 Å². The molecule has 0 aliphatic rings. The fraction of sp³-hybridized carbons (Fsp3) is 0.160. The molecule has 0 heterocycles. The van der Waals surface area contributed by atoms with Crippen molar-refractivity contribution in [2.45, 2.75) is 25.9 Å². The number of hydrogen-bond acceptors (Lipinski definition) is 2. The maximum atomic E-state index is 12.6. The Balaban J connectivity index is 1.72. The summed E-state index contributed by atoms with van der Waals surface area (Å²) >= 11 is 0.